The molecule has 0 saturated carbocycles. The molecule has 0 fully saturated rings. The lowest BCUT2D eigenvalue weighted by molar-refractivity contribution is 0.521. The Labute approximate surface area is 120 Å². The maximum absolute atomic E-state index is 4.90. The first-order chi connectivity index (χ1) is 9.75. The van der Waals surface area contributed by atoms with Gasteiger partial charge in [-0.15, -0.1) is 0 Å². The summed E-state index contributed by atoms with van der Waals surface area (Å²) in [5.41, 5.74) is 2.12. The zero-order valence-corrected chi connectivity index (χ0v) is 11.9. The number of hydrogen-bond donors (Lipinski definition) is 0. The third-order valence-corrected chi connectivity index (χ3v) is 3.64. The van der Waals surface area contributed by atoms with E-state index in [-0.39, 0.29) is 0 Å². The number of rotatable bonds is 3. The van der Waals surface area contributed by atoms with Crippen molar-refractivity contribution in [3.8, 4) is 0 Å². The predicted molar refractivity (Wildman–Crippen MR) is 83.2 cm³/mol. The Hall–Kier alpha value is -2.16. The van der Waals surface area contributed by atoms with Gasteiger partial charge in [-0.3, -0.25) is 9.98 Å². The molecule has 0 aliphatic carbocycles. The van der Waals surface area contributed by atoms with Crippen molar-refractivity contribution in [1.29, 1.82) is 0 Å². The minimum Gasteiger partial charge on any atom is -0.323 e. The molecule has 0 saturated heterocycles. The standard InChI is InChI=1S/C17H19N3/c1-13(2)16-12-20(14-8-4-3-5-9-14)17(19-16)15-10-6-7-11-18-15/h3-11,13,16H,12H2,1-2H3/t16-/m1/s1. The van der Waals surface area contributed by atoms with Crippen molar-refractivity contribution in [2.75, 3.05) is 11.4 Å². The van der Waals surface area contributed by atoms with Gasteiger partial charge in [0.05, 0.1) is 6.04 Å². The molecule has 102 valence electrons. The van der Waals surface area contributed by atoms with Crippen LogP contribution >= 0.6 is 0 Å². The molecule has 2 aromatic rings. The fourth-order valence-corrected chi connectivity index (χ4v) is 2.44. The number of anilines is 1. The zero-order valence-electron chi connectivity index (χ0n) is 11.9. The Kier molecular flexibility index (Phi) is 3.50. The summed E-state index contributed by atoms with van der Waals surface area (Å²) in [4.78, 5) is 11.6. The van der Waals surface area contributed by atoms with E-state index >= 15 is 0 Å². The molecule has 0 unspecified atom stereocenters. The Bertz CT molecular complexity index is 590. The Balaban J connectivity index is 2.00. The van der Waals surface area contributed by atoms with Crippen LogP contribution in [0.1, 0.15) is 19.5 Å². The van der Waals surface area contributed by atoms with Gasteiger partial charge in [0.2, 0.25) is 0 Å². The van der Waals surface area contributed by atoms with Gasteiger partial charge >= 0.3 is 0 Å². The minimum atomic E-state index is 0.326. The van der Waals surface area contributed by atoms with Crippen molar-refractivity contribution >= 4 is 11.5 Å². The van der Waals surface area contributed by atoms with Crippen LogP contribution in [-0.2, 0) is 0 Å². The van der Waals surface area contributed by atoms with Gasteiger partial charge in [-0.05, 0) is 30.2 Å². The Morgan fingerprint density at radius 1 is 1.05 bits per heavy atom. The lowest BCUT2D eigenvalue weighted by atomic mass is 10.1. The Morgan fingerprint density at radius 2 is 1.80 bits per heavy atom. The number of hydrogen-bond acceptors (Lipinski definition) is 3. The van der Waals surface area contributed by atoms with Crippen LogP contribution < -0.4 is 4.90 Å². The third-order valence-electron chi connectivity index (χ3n) is 3.64. The molecule has 0 N–H and O–H groups in total. The summed E-state index contributed by atoms with van der Waals surface area (Å²) in [6.45, 7) is 5.37. The van der Waals surface area contributed by atoms with Gasteiger partial charge in [0.25, 0.3) is 0 Å². The first-order valence-electron chi connectivity index (χ1n) is 7.07. The van der Waals surface area contributed by atoms with E-state index < -0.39 is 0 Å². The van der Waals surface area contributed by atoms with Crippen molar-refractivity contribution in [2.45, 2.75) is 19.9 Å². The molecule has 2 heterocycles. The molecular weight excluding hydrogens is 246 g/mol. The number of aliphatic imine (C=N–C) groups is 1. The lowest BCUT2D eigenvalue weighted by Crippen LogP contribution is -2.31. The fourth-order valence-electron chi connectivity index (χ4n) is 2.44. The highest BCUT2D eigenvalue weighted by Gasteiger charge is 2.29. The summed E-state index contributed by atoms with van der Waals surface area (Å²) >= 11 is 0. The summed E-state index contributed by atoms with van der Waals surface area (Å²) < 4.78 is 0. The summed E-state index contributed by atoms with van der Waals surface area (Å²) in [6, 6.07) is 16.7. The summed E-state index contributed by atoms with van der Waals surface area (Å²) in [6.07, 6.45) is 1.82. The van der Waals surface area contributed by atoms with Gasteiger partial charge in [-0.25, -0.2) is 0 Å². The Morgan fingerprint density at radius 3 is 2.45 bits per heavy atom. The van der Waals surface area contributed by atoms with E-state index in [1.807, 2.05) is 30.5 Å². The summed E-state index contributed by atoms with van der Waals surface area (Å²) in [5.74, 6) is 1.51. The van der Waals surface area contributed by atoms with Gasteiger partial charge < -0.3 is 4.90 Å². The minimum absolute atomic E-state index is 0.326. The van der Waals surface area contributed by atoms with E-state index in [1.165, 1.54) is 5.69 Å². The van der Waals surface area contributed by atoms with Crippen LogP contribution in [0.2, 0.25) is 0 Å². The van der Waals surface area contributed by atoms with Crippen LogP contribution in [0, 0.1) is 5.92 Å². The maximum Gasteiger partial charge on any atom is 0.154 e. The van der Waals surface area contributed by atoms with Gasteiger partial charge in [0.15, 0.2) is 5.84 Å². The van der Waals surface area contributed by atoms with E-state index in [4.69, 9.17) is 4.99 Å². The topological polar surface area (TPSA) is 28.5 Å². The first kappa shape index (κ1) is 12.9. The zero-order chi connectivity index (χ0) is 13.9. The number of pyridine rings is 1. The van der Waals surface area contributed by atoms with E-state index in [1.54, 1.807) is 0 Å². The predicted octanol–water partition coefficient (Wildman–Crippen LogP) is 3.37. The maximum atomic E-state index is 4.90. The van der Waals surface area contributed by atoms with Crippen molar-refractivity contribution in [3.05, 3.63) is 60.4 Å². The molecule has 1 aliphatic rings. The van der Waals surface area contributed by atoms with Crippen LogP contribution in [0.15, 0.2) is 59.7 Å². The highest BCUT2D eigenvalue weighted by atomic mass is 15.3. The smallest absolute Gasteiger partial charge is 0.154 e. The van der Waals surface area contributed by atoms with Crippen LogP contribution in [0.5, 0.6) is 0 Å². The van der Waals surface area contributed by atoms with Crippen molar-refractivity contribution in [3.63, 3.8) is 0 Å². The lowest BCUT2D eigenvalue weighted by Gasteiger charge is -2.21. The highest BCUT2D eigenvalue weighted by molar-refractivity contribution is 6.10. The van der Waals surface area contributed by atoms with Gasteiger partial charge in [0.1, 0.15) is 5.69 Å². The average Bonchev–Trinajstić information content (AvgIpc) is 2.94. The van der Waals surface area contributed by atoms with Crippen molar-refractivity contribution < 1.29 is 0 Å². The molecule has 3 rings (SSSR count). The largest absolute Gasteiger partial charge is 0.323 e. The monoisotopic (exact) mass is 265 g/mol. The quantitative estimate of drug-likeness (QED) is 0.851. The van der Waals surface area contributed by atoms with Crippen LogP contribution in [0.3, 0.4) is 0 Å². The normalized spacial score (nSPS) is 18.4. The molecule has 1 aromatic heterocycles. The molecule has 3 nitrogen and oxygen atoms in total. The van der Waals surface area contributed by atoms with E-state index in [0.717, 1.165) is 18.1 Å². The van der Waals surface area contributed by atoms with Crippen molar-refractivity contribution in [2.24, 2.45) is 10.9 Å². The number of aromatic nitrogens is 1. The fraction of sp³-hybridized carbons (Fsp3) is 0.294. The van der Waals surface area contributed by atoms with Crippen LogP contribution in [0.4, 0.5) is 5.69 Å². The number of nitrogens with zero attached hydrogens (tertiary/aromatic N) is 3. The van der Waals surface area contributed by atoms with Crippen LogP contribution in [-0.4, -0.2) is 23.4 Å². The molecule has 1 atom stereocenters. The van der Waals surface area contributed by atoms with Gasteiger partial charge in [-0.1, -0.05) is 38.1 Å². The van der Waals surface area contributed by atoms with Gasteiger partial charge in [0, 0.05) is 18.4 Å². The van der Waals surface area contributed by atoms with E-state index in [2.05, 4.69) is 48.0 Å². The number of benzene rings is 1. The molecule has 1 aromatic carbocycles. The summed E-state index contributed by atoms with van der Waals surface area (Å²) in [7, 11) is 0. The molecular formula is C17H19N3. The molecule has 0 amide bonds. The first-order valence-corrected chi connectivity index (χ1v) is 7.07. The second-order valence-electron chi connectivity index (χ2n) is 5.43. The van der Waals surface area contributed by atoms with Crippen molar-refractivity contribution in [1.82, 2.24) is 4.98 Å². The second-order valence-corrected chi connectivity index (χ2v) is 5.43. The summed E-state index contributed by atoms with van der Waals surface area (Å²) in [5, 5.41) is 0. The molecule has 3 heteroatoms. The second kappa shape index (κ2) is 5.45. The molecule has 20 heavy (non-hydrogen) atoms. The highest BCUT2D eigenvalue weighted by Crippen LogP contribution is 2.25. The SMILES string of the molecule is CC(C)[C@H]1CN(c2ccccc2)C(c2ccccn2)=N1. The van der Waals surface area contributed by atoms with E-state index in [9.17, 15) is 0 Å². The molecule has 0 spiro atoms. The average molecular weight is 265 g/mol. The molecule has 1 aliphatic heterocycles. The van der Waals surface area contributed by atoms with E-state index in [0.29, 0.717) is 12.0 Å². The molecule has 0 radical (unpaired) electrons. The van der Waals surface area contributed by atoms with Crippen LogP contribution in [0.25, 0.3) is 0 Å². The number of amidine groups is 1. The third kappa shape index (κ3) is 2.44. The molecule has 0 bridgehead atoms. The number of para-hydroxylation sites is 1. The van der Waals surface area contributed by atoms with Gasteiger partial charge in [-0.2, -0.15) is 0 Å².